The van der Waals surface area contributed by atoms with Gasteiger partial charge in [-0.1, -0.05) is 42.8 Å². The highest BCUT2D eigenvalue weighted by Crippen LogP contribution is 2.37. The van der Waals surface area contributed by atoms with E-state index in [9.17, 15) is 5.11 Å². The first-order valence-corrected chi connectivity index (χ1v) is 7.95. The molecule has 0 aliphatic heterocycles. The van der Waals surface area contributed by atoms with Gasteiger partial charge in [0.15, 0.2) is 0 Å². The fourth-order valence-electron chi connectivity index (χ4n) is 3.37. The molecule has 1 aromatic heterocycles. The number of aliphatic hydroxyl groups excluding tert-OH is 1. The molecule has 2 unspecified atom stereocenters. The standard InChI is InChI=1S/C17H21ClN2O/c1-3-14-17(18)15(20(2)19-14)10-16(21)13-9-8-11-6-4-5-7-12(11)13/h4-7,13,16,21H,3,8-10H2,1-2H3. The minimum Gasteiger partial charge on any atom is -0.392 e. The van der Waals surface area contributed by atoms with Crippen LogP contribution in [0.15, 0.2) is 24.3 Å². The highest BCUT2D eigenvalue weighted by Gasteiger charge is 2.29. The van der Waals surface area contributed by atoms with Crippen molar-refractivity contribution in [1.29, 1.82) is 0 Å². The third-order valence-electron chi connectivity index (χ3n) is 4.55. The SMILES string of the molecule is CCc1nn(C)c(CC(O)C2CCc3ccccc32)c1Cl. The van der Waals surface area contributed by atoms with Crippen molar-refractivity contribution in [1.82, 2.24) is 9.78 Å². The zero-order chi connectivity index (χ0) is 15.0. The van der Waals surface area contributed by atoms with Crippen molar-refractivity contribution in [2.75, 3.05) is 0 Å². The van der Waals surface area contributed by atoms with Crippen molar-refractivity contribution in [2.24, 2.45) is 7.05 Å². The highest BCUT2D eigenvalue weighted by atomic mass is 35.5. The van der Waals surface area contributed by atoms with Crippen LogP contribution in [0.2, 0.25) is 5.02 Å². The van der Waals surface area contributed by atoms with Gasteiger partial charge in [0.05, 0.1) is 22.5 Å². The first kappa shape index (κ1) is 14.6. The lowest BCUT2D eigenvalue weighted by Crippen LogP contribution is -2.21. The van der Waals surface area contributed by atoms with Crippen molar-refractivity contribution in [3.8, 4) is 0 Å². The molecule has 0 fully saturated rings. The summed E-state index contributed by atoms with van der Waals surface area (Å²) in [7, 11) is 1.90. The molecule has 1 aliphatic rings. The summed E-state index contributed by atoms with van der Waals surface area (Å²) >= 11 is 6.39. The fraction of sp³-hybridized carbons (Fsp3) is 0.471. The summed E-state index contributed by atoms with van der Waals surface area (Å²) in [5.74, 6) is 0.206. The molecule has 1 aromatic carbocycles. The van der Waals surface area contributed by atoms with Gasteiger partial charge in [0.25, 0.3) is 0 Å². The van der Waals surface area contributed by atoms with E-state index < -0.39 is 6.10 Å². The lowest BCUT2D eigenvalue weighted by molar-refractivity contribution is 0.141. The fourth-order valence-corrected chi connectivity index (χ4v) is 3.74. The molecule has 0 spiro atoms. The summed E-state index contributed by atoms with van der Waals surface area (Å²) in [6, 6.07) is 8.42. The van der Waals surface area contributed by atoms with Gasteiger partial charge < -0.3 is 5.11 Å². The van der Waals surface area contributed by atoms with Crippen LogP contribution in [0.25, 0.3) is 0 Å². The maximum absolute atomic E-state index is 10.7. The lowest BCUT2D eigenvalue weighted by Gasteiger charge is -2.19. The van der Waals surface area contributed by atoms with E-state index >= 15 is 0 Å². The second-order valence-electron chi connectivity index (χ2n) is 5.80. The highest BCUT2D eigenvalue weighted by molar-refractivity contribution is 6.31. The number of aromatic nitrogens is 2. The van der Waals surface area contributed by atoms with Crippen LogP contribution >= 0.6 is 11.6 Å². The number of aryl methyl sites for hydroxylation is 3. The van der Waals surface area contributed by atoms with Crippen LogP contribution in [0.5, 0.6) is 0 Å². The molecule has 1 aliphatic carbocycles. The van der Waals surface area contributed by atoms with Gasteiger partial charge in [0.1, 0.15) is 0 Å². The maximum atomic E-state index is 10.7. The first-order valence-electron chi connectivity index (χ1n) is 7.58. The Bertz CT molecular complexity index is 650. The topological polar surface area (TPSA) is 38.0 Å². The molecule has 2 aromatic rings. The Morgan fingerprint density at radius 3 is 2.90 bits per heavy atom. The minimum absolute atomic E-state index is 0.206. The Hall–Kier alpha value is -1.32. The Labute approximate surface area is 130 Å². The molecule has 0 radical (unpaired) electrons. The maximum Gasteiger partial charge on any atom is 0.0850 e. The van der Waals surface area contributed by atoms with Crippen molar-refractivity contribution >= 4 is 11.6 Å². The van der Waals surface area contributed by atoms with Gasteiger partial charge in [-0.25, -0.2) is 0 Å². The van der Waals surface area contributed by atoms with E-state index in [0.29, 0.717) is 11.4 Å². The number of rotatable bonds is 4. The van der Waals surface area contributed by atoms with Crippen LogP contribution in [0, 0.1) is 0 Å². The summed E-state index contributed by atoms with van der Waals surface area (Å²) in [6.07, 6.45) is 3.02. The number of halogens is 1. The smallest absolute Gasteiger partial charge is 0.0850 e. The number of hydrogen-bond donors (Lipinski definition) is 1. The number of aliphatic hydroxyl groups is 1. The predicted molar refractivity (Wildman–Crippen MR) is 84.8 cm³/mol. The largest absolute Gasteiger partial charge is 0.392 e. The molecular formula is C17H21ClN2O. The van der Waals surface area contributed by atoms with E-state index in [1.807, 2.05) is 18.7 Å². The quantitative estimate of drug-likeness (QED) is 0.941. The Morgan fingerprint density at radius 1 is 1.43 bits per heavy atom. The van der Waals surface area contributed by atoms with E-state index in [1.165, 1.54) is 11.1 Å². The van der Waals surface area contributed by atoms with Crippen LogP contribution < -0.4 is 0 Å². The van der Waals surface area contributed by atoms with E-state index in [2.05, 4.69) is 29.4 Å². The molecule has 0 saturated carbocycles. The Balaban J connectivity index is 1.82. The van der Waals surface area contributed by atoms with Crippen LogP contribution in [-0.4, -0.2) is 21.0 Å². The lowest BCUT2D eigenvalue weighted by atomic mass is 9.92. The summed E-state index contributed by atoms with van der Waals surface area (Å²) in [4.78, 5) is 0. The van der Waals surface area contributed by atoms with Gasteiger partial charge in [-0.2, -0.15) is 5.10 Å². The molecule has 0 bridgehead atoms. The van der Waals surface area contributed by atoms with Crippen molar-refractivity contribution in [2.45, 2.75) is 44.6 Å². The number of benzene rings is 1. The van der Waals surface area contributed by atoms with Gasteiger partial charge in [-0.3, -0.25) is 4.68 Å². The Morgan fingerprint density at radius 2 is 2.19 bits per heavy atom. The molecule has 1 N–H and O–H groups in total. The number of fused-ring (bicyclic) bond motifs is 1. The molecule has 3 rings (SSSR count). The summed E-state index contributed by atoms with van der Waals surface area (Å²) in [6.45, 7) is 2.04. The Kier molecular flexibility index (Phi) is 4.05. The third kappa shape index (κ3) is 2.60. The molecule has 2 atom stereocenters. The molecule has 0 amide bonds. The number of nitrogens with zero attached hydrogens (tertiary/aromatic N) is 2. The van der Waals surface area contributed by atoms with Crippen molar-refractivity contribution in [3.05, 3.63) is 51.8 Å². The summed E-state index contributed by atoms with van der Waals surface area (Å²) < 4.78 is 1.81. The number of hydrogen-bond acceptors (Lipinski definition) is 2. The van der Waals surface area contributed by atoms with Crippen LogP contribution in [0.1, 0.15) is 41.8 Å². The molecule has 0 saturated heterocycles. The molecular weight excluding hydrogens is 284 g/mol. The van der Waals surface area contributed by atoms with Crippen LogP contribution in [0.4, 0.5) is 0 Å². The molecule has 3 nitrogen and oxygen atoms in total. The van der Waals surface area contributed by atoms with Crippen LogP contribution in [-0.2, 0) is 26.3 Å². The average molecular weight is 305 g/mol. The molecule has 4 heteroatoms. The van der Waals surface area contributed by atoms with E-state index in [-0.39, 0.29) is 5.92 Å². The molecule has 112 valence electrons. The summed E-state index contributed by atoms with van der Waals surface area (Å²) in [5.41, 5.74) is 4.50. The van der Waals surface area contributed by atoms with E-state index in [4.69, 9.17) is 11.6 Å². The minimum atomic E-state index is -0.411. The van der Waals surface area contributed by atoms with Crippen molar-refractivity contribution in [3.63, 3.8) is 0 Å². The van der Waals surface area contributed by atoms with E-state index in [0.717, 1.165) is 30.7 Å². The third-order valence-corrected chi connectivity index (χ3v) is 4.99. The second kappa shape index (κ2) is 5.82. The van der Waals surface area contributed by atoms with Crippen molar-refractivity contribution < 1.29 is 5.11 Å². The molecule has 21 heavy (non-hydrogen) atoms. The van der Waals surface area contributed by atoms with Crippen LogP contribution in [0.3, 0.4) is 0 Å². The van der Waals surface area contributed by atoms with Gasteiger partial charge in [-0.05, 0) is 30.4 Å². The molecule has 1 heterocycles. The summed E-state index contributed by atoms with van der Waals surface area (Å²) in [5, 5.41) is 15.8. The monoisotopic (exact) mass is 304 g/mol. The van der Waals surface area contributed by atoms with Gasteiger partial charge in [0.2, 0.25) is 0 Å². The van der Waals surface area contributed by atoms with Gasteiger partial charge in [0, 0.05) is 19.4 Å². The van der Waals surface area contributed by atoms with Gasteiger partial charge >= 0.3 is 0 Å². The van der Waals surface area contributed by atoms with E-state index in [1.54, 1.807) is 0 Å². The average Bonchev–Trinajstić information content (AvgIpc) is 3.03. The zero-order valence-electron chi connectivity index (χ0n) is 12.5. The first-order chi connectivity index (χ1) is 10.1. The second-order valence-corrected chi connectivity index (χ2v) is 6.18. The zero-order valence-corrected chi connectivity index (χ0v) is 13.3. The predicted octanol–water partition coefficient (Wildman–Crippen LogP) is 3.27. The van der Waals surface area contributed by atoms with Gasteiger partial charge in [-0.15, -0.1) is 0 Å². The normalized spacial score (nSPS) is 18.8.